The number of carbonyl (C=O) groups excluding carboxylic acids is 1. The molecular formula is C15H10N2O. The first-order chi connectivity index (χ1) is 8.86. The van der Waals surface area contributed by atoms with E-state index < -0.39 is 0 Å². The number of nitrogens with zero attached hydrogens (tertiary/aromatic N) is 2. The van der Waals surface area contributed by atoms with Crippen molar-refractivity contribution in [1.82, 2.24) is 9.97 Å². The molecule has 18 heavy (non-hydrogen) atoms. The smallest absolute Gasteiger partial charge is 0.168 e. The lowest BCUT2D eigenvalue weighted by Crippen LogP contribution is -1.91. The van der Waals surface area contributed by atoms with Crippen molar-refractivity contribution in [2.45, 2.75) is 0 Å². The number of aldehydes is 1. The summed E-state index contributed by atoms with van der Waals surface area (Å²) in [5.41, 5.74) is 2.14. The van der Waals surface area contributed by atoms with Gasteiger partial charge in [-0.3, -0.25) is 4.79 Å². The fourth-order valence-corrected chi connectivity index (χ4v) is 1.94. The van der Waals surface area contributed by atoms with Crippen LogP contribution < -0.4 is 0 Å². The number of hydrogen-bond acceptors (Lipinski definition) is 3. The molecule has 0 atom stereocenters. The average molecular weight is 234 g/mol. The van der Waals surface area contributed by atoms with E-state index in [0.717, 1.165) is 22.9 Å². The Kier molecular flexibility index (Phi) is 2.57. The summed E-state index contributed by atoms with van der Waals surface area (Å²) in [6, 6.07) is 15.9. The van der Waals surface area contributed by atoms with Gasteiger partial charge in [-0.2, -0.15) is 0 Å². The van der Waals surface area contributed by atoms with E-state index in [2.05, 4.69) is 28.2 Å². The van der Waals surface area contributed by atoms with Crippen molar-refractivity contribution in [2.75, 3.05) is 0 Å². The van der Waals surface area contributed by atoms with Gasteiger partial charge in [-0.15, -0.1) is 0 Å². The minimum absolute atomic E-state index is 0.396. The van der Waals surface area contributed by atoms with Crippen LogP contribution in [0, 0.1) is 0 Å². The summed E-state index contributed by atoms with van der Waals surface area (Å²) in [5, 5.41) is 2.34. The normalized spacial score (nSPS) is 10.4. The Morgan fingerprint density at radius 1 is 0.889 bits per heavy atom. The first-order valence-corrected chi connectivity index (χ1v) is 5.63. The van der Waals surface area contributed by atoms with Gasteiger partial charge >= 0.3 is 0 Å². The van der Waals surface area contributed by atoms with Crippen LogP contribution in [0.15, 0.2) is 54.9 Å². The lowest BCUT2D eigenvalue weighted by Gasteiger charge is -2.03. The van der Waals surface area contributed by atoms with Crippen molar-refractivity contribution in [1.29, 1.82) is 0 Å². The molecule has 0 unspecified atom stereocenters. The fraction of sp³-hybridized carbons (Fsp3) is 0. The van der Waals surface area contributed by atoms with Crippen LogP contribution in [0.5, 0.6) is 0 Å². The second-order valence-corrected chi connectivity index (χ2v) is 4.01. The van der Waals surface area contributed by atoms with E-state index in [1.165, 1.54) is 11.7 Å². The molecule has 0 saturated carbocycles. The third-order valence-corrected chi connectivity index (χ3v) is 2.85. The molecule has 86 valence electrons. The Morgan fingerprint density at radius 2 is 1.72 bits per heavy atom. The Morgan fingerprint density at radius 3 is 2.56 bits per heavy atom. The van der Waals surface area contributed by atoms with Gasteiger partial charge in [0.1, 0.15) is 12.0 Å². The largest absolute Gasteiger partial charge is 0.296 e. The molecule has 3 nitrogen and oxygen atoms in total. The number of rotatable bonds is 2. The second-order valence-electron chi connectivity index (χ2n) is 4.01. The van der Waals surface area contributed by atoms with Crippen LogP contribution in [-0.4, -0.2) is 16.3 Å². The molecule has 0 bridgehead atoms. The monoisotopic (exact) mass is 234 g/mol. The lowest BCUT2D eigenvalue weighted by molar-refractivity contribution is 0.111. The summed E-state index contributed by atoms with van der Waals surface area (Å²) in [7, 11) is 0. The zero-order valence-corrected chi connectivity index (χ0v) is 9.58. The third kappa shape index (κ3) is 1.86. The van der Waals surface area contributed by atoms with Gasteiger partial charge in [0.05, 0.1) is 5.69 Å². The summed E-state index contributed by atoms with van der Waals surface area (Å²) in [6.07, 6.45) is 2.14. The molecule has 0 aliphatic rings. The predicted octanol–water partition coefficient (Wildman–Crippen LogP) is 3.11. The molecule has 0 fully saturated rings. The second kappa shape index (κ2) is 4.37. The molecule has 0 N–H and O–H groups in total. The Labute approximate surface area is 104 Å². The summed E-state index contributed by atoms with van der Waals surface area (Å²) < 4.78 is 0. The summed E-state index contributed by atoms with van der Waals surface area (Å²) in [5.74, 6) is 0. The van der Waals surface area contributed by atoms with E-state index in [0.29, 0.717) is 5.69 Å². The van der Waals surface area contributed by atoms with Crippen molar-refractivity contribution in [3.05, 3.63) is 60.6 Å². The van der Waals surface area contributed by atoms with Crippen LogP contribution in [0.3, 0.4) is 0 Å². The molecular weight excluding hydrogens is 224 g/mol. The molecule has 2 aromatic carbocycles. The summed E-state index contributed by atoms with van der Waals surface area (Å²) >= 11 is 0. The number of benzene rings is 2. The number of hydrogen-bond donors (Lipinski definition) is 0. The van der Waals surface area contributed by atoms with Gasteiger partial charge in [0, 0.05) is 5.56 Å². The van der Waals surface area contributed by atoms with Crippen LogP contribution in [0.1, 0.15) is 10.5 Å². The van der Waals surface area contributed by atoms with Gasteiger partial charge in [-0.1, -0.05) is 36.4 Å². The van der Waals surface area contributed by atoms with Gasteiger partial charge in [-0.25, -0.2) is 9.97 Å². The zero-order chi connectivity index (χ0) is 12.4. The topological polar surface area (TPSA) is 42.9 Å². The minimum atomic E-state index is 0.396. The van der Waals surface area contributed by atoms with Crippen LogP contribution in [0.4, 0.5) is 0 Å². The molecule has 0 radical (unpaired) electrons. The van der Waals surface area contributed by atoms with Crippen molar-refractivity contribution < 1.29 is 4.79 Å². The molecule has 3 heteroatoms. The highest BCUT2D eigenvalue weighted by molar-refractivity contribution is 5.87. The molecule has 0 amide bonds. The SMILES string of the molecule is O=Cc1cc(-c2ccc3ccccc3c2)ncn1. The Bertz CT molecular complexity index is 722. The maximum atomic E-state index is 10.7. The van der Waals surface area contributed by atoms with Gasteiger partial charge in [0.2, 0.25) is 0 Å². The van der Waals surface area contributed by atoms with Gasteiger partial charge in [-0.05, 0) is 22.9 Å². The Balaban J connectivity index is 2.15. The third-order valence-electron chi connectivity index (χ3n) is 2.85. The first-order valence-electron chi connectivity index (χ1n) is 5.63. The quantitative estimate of drug-likeness (QED) is 0.640. The number of fused-ring (bicyclic) bond motifs is 1. The van der Waals surface area contributed by atoms with Crippen LogP contribution in [-0.2, 0) is 0 Å². The maximum Gasteiger partial charge on any atom is 0.168 e. The zero-order valence-electron chi connectivity index (χ0n) is 9.58. The van der Waals surface area contributed by atoms with Crippen molar-refractivity contribution in [2.24, 2.45) is 0 Å². The molecule has 0 saturated heterocycles. The molecule has 3 rings (SSSR count). The Hall–Kier alpha value is -2.55. The molecule has 0 aliphatic carbocycles. The highest BCUT2D eigenvalue weighted by Crippen LogP contribution is 2.22. The van der Waals surface area contributed by atoms with Crippen molar-refractivity contribution in [3.8, 4) is 11.3 Å². The predicted molar refractivity (Wildman–Crippen MR) is 70.4 cm³/mol. The van der Waals surface area contributed by atoms with E-state index in [1.807, 2.05) is 24.3 Å². The fourth-order valence-electron chi connectivity index (χ4n) is 1.94. The highest BCUT2D eigenvalue weighted by atomic mass is 16.1. The molecule has 0 spiro atoms. The van der Waals surface area contributed by atoms with E-state index in [4.69, 9.17) is 0 Å². The summed E-state index contributed by atoms with van der Waals surface area (Å²) in [4.78, 5) is 18.8. The van der Waals surface area contributed by atoms with Crippen LogP contribution in [0.2, 0.25) is 0 Å². The molecule has 1 heterocycles. The minimum Gasteiger partial charge on any atom is -0.296 e. The molecule has 3 aromatic rings. The van der Waals surface area contributed by atoms with Gasteiger partial charge < -0.3 is 0 Å². The van der Waals surface area contributed by atoms with Gasteiger partial charge in [0.15, 0.2) is 6.29 Å². The van der Waals surface area contributed by atoms with E-state index in [-0.39, 0.29) is 0 Å². The maximum absolute atomic E-state index is 10.7. The average Bonchev–Trinajstić information content (AvgIpc) is 2.47. The van der Waals surface area contributed by atoms with Crippen LogP contribution >= 0.6 is 0 Å². The van der Waals surface area contributed by atoms with Gasteiger partial charge in [0.25, 0.3) is 0 Å². The van der Waals surface area contributed by atoms with E-state index in [1.54, 1.807) is 6.07 Å². The molecule has 1 aromatic heterocycles. The lowest BCUT2D eigenvalue weighted by atomic mass is 10.0. The van der Waals surface area contributed by atoms with Crippen molar-refractivity contribution in [3.63, 3.8) is 0 Å². The standard InChI is InChI=1S/C15H10N2O/c18-9-14-8-15(17-10-16-14)13-6-5-11-3-1-2-4-12(11)7-13/h1-10H. The van der Waals surface area contributed by atoms with E-state index >= 15 is 0 Å². The molecule has 0 aliphatic heterocycles. The van der Waals surface area contributed by atoms with E-state index in [9.17, 15) is 4.79 Å². The summed E-state index contributed by atoms with van der Waals surface area (Å²) in [6.45, 7) is 0. The van der Waals surface area contributed by atoms with Crippen molar-refractivity contribution >= 4 is 17.1 Å². The highest BCUT2D eigenvalue weighted by Gasteiger charge is 2.02. The number of carbonyl (C=O) groups is 1. The first kappa shape index (κ1) is 10.6. The van der Waals surface area contributed by atoms with Crippen LogP contribution in [0.25, 0.3) is 22.0 Å². The number of aromatic nitrogens is 2.